The van der Waals surface area contributed by atoms with E-state index in [-0.39, 0.29) is 11.7 Å². The van der Waals surface area contributed by atoms with Crippen LogP contribution in [0.5, 0.6) is 0 Å². The van der Waals surface area contributed by atoms with Crippen molar-refractivity contribution >= 4 is 6.09 Å². The molecule has 3 heteroatoms. The molecule has 2 aliphatic rings. The summed E-state index contributed by atoms with van der Waals surface area (Å²) in [7, 11) is 0. The standard InChI is InChI=1S/C11H19NO2/c1-8-6-10(2,3)4-5-11(8)7-12-9(13)14-11/h8H,4-7H2,1-3H3,(H,12,13). The number of carbonyl (C=O) groups excluding carboxylic acids is 1. The Morgan fingerprint density at radius 2 is 2.14 bits per heavy atom. The van der Waals surface area contributed by atoms with Crippen molar-refractivity contribution in [1.82, 2.24) is 5.32 Å². The van der Waals surface area contributed by atoms with Gasteiger partial charge in [-0.2, -0.15) is 0 Å². The van der Waals surface area contributed by atoms with Crippen LogP contribution in [0, 0.1) is 11.3 Å². The zero-order valence-electron chi connectivity index (χ0n) is 9.22. The summed E-state index contributed by atoms with van der Waals surface area (Å²) in [4.78, 5) is 11.1. The Kier molecular flexibility index (Phi) is 2.02. The van der Waals surface area contributed by atoms with Crippen LogP contribution in [0.25, 0.3) is 0 Å². The minimum Gasteiger partial charge on any atom is -0.441 e. The quantitative estimate of drug-likeness (QED) is 0.647. The van der Waals surface area contributed by atoms with E-state index in [4.69, 9.17) is 4.74 Å². The SMILES string of the molecule is CC1CC(C)(C)CCC12CNC(=O)O2. The molecule has 1 spiro atoms. The molecule has 14 heavy (non-hydrogen) atoms. The fourth-order valence-electron chi connectivity index (χ4n) is 2.81. The van der Waals surface area contributed by atoms with Crippen LogP contribution in [0.2, 0.25) is 0 Å². The fourth-order valence-corrected chi connectivity index (χ4v) is 2.81. The Morgan fingerprint density at radius 1 is 1.43 bits per heavy atom. The Labute approximate surface area is 85.2 Å². The van der Waals surface area contributed by atoms with Crippen LogP contribution in [0.3, 0.4) is 0 Å². The predicted octanol–water partition coefficient (Wildman–Crippen LogP) is 2.31. The van der Waals surface area contributed by atoms with Gasteiger partial charge in [0, 0.05) is 0 Å². The molecule has 2 fully saturated rings. The smallest absolute Gasteiger partial charge is 0.407 e. The maximum atomic E-state index is 11.1. The van der Waals surface area contributed by atoms with Crippen molar-refractivity contribution in [2.45, 2.75) is 45.6 Å². The number of amides is 1. The van der Waals surface area contributed by atoms with Gasteiger partial charge in [0.25, 0.3) is 0 Å². The van der Waals surface area contributed by atoms with Gasteiger partial charge >= 0.3 is 6.09 Å². The van der Waals surface area contributed by atoms with Crippen LogP contribution in [0.4, 0.5) is 4.79 Å². The Bertz CT molecular complexity index is 262. The first-order chi connectivity index (χ1) is 6.44. The molecule has 80 valence electrons. The molecule has 0 aromatic carbocycles. The summed E-state index contributed by atoms with van der Waals surface area (Å²) in [6.45, 7) is 7.48. The minimum absolute atomic E-state index is 0.202. The third-order valence-corrected chi connectivity index (χ3v) is 3.81. The zero-order chi connectivity index (χ0) is 10.4. The first kappa shape index (κ1) is 9.81. The highest BCUT2D eigenvalue weighted by atomic mass is 16.6. The number of ether oxygens (including phenoxy) is 1. The average Bonchev–Trinajstić information content (AvgIpc) is 2.43. The highest BCUT2D eigenvalue weighted by molar-refractivity contribution is 5.70. The van der Waals surface area contributed by atoms with E-state index in [2.05, 4.69) is 26.1 Å². The fraction of sp³-hybridized carbons (Fsp3) is 0.909. The number of carbonyl (C=O) groups is 1. The third kappa shape index (κ3) is 1.49. The molecule has 0 bridgehead atoms. The largest absolute Gasteiger partial charge is 0.441 e. The number of rotatable bonds is 0. The second-order valence-electron chi connectivity index (χ2n) is 5.58. The minimum atomic E-state index is -0.239. The van der Waals surface area contributed by atoms with Gasteiger partial charge in [-0.05, 0) is 30.6 Å². The van der Waals surface area contributed by atoms with Crippen LogP contribution >= 0.6 is 0 Å². The lowest BCUT2D eigenvalue weighted by Crippen LogP contribution is -2.46. The Balaban J connectivity index is 2.12. The van der Waals surface area contributed by atoms with Crippen LogP contribution in [0.15, 0.2) is 0 Å². The Hall–Kier alpha value is -0.730. The van der Waals surface area contributed by atoms with Gasteiger partial charge in [0.05, 0.1) is 6.54 Å². The molecule has 1 amide bonds. The van der Waals surface area contributed by atoms with E-state index < -0.39 is 0 Å². The molecule has 1 saturated carbocycles. The lowest BCUT2D eigenvalue weighted by atomic mass is 9.65. The highest BCUT2D eigenvalue weighted by Gasteiger charge is 2.49. The molecule has 3 nitrogen and oxygen atoms in total. The molecule has 1 aliphatic heterocycles. The van der Waals surface area contributed by atoms with Crippen molar-refractivity contribution in [2.75, 3.05) is 6.54 Å². The molecule has 0 aromatic heterocycles. The van der Waals surface area contributed by atoms with Gasteiger partial charge in [-0.15, -0.1) is 0 Å². The lowest BCUT2D eigenvalue weighted by molar-refractivity contribution is -0.0466. The van der Waals surface area contributed by atoms with E-state index in [1.54, 1.807) is 0 Å². The summed E-state index contributed by atoms with van der Waals surface area (Å²) in [5, 5.41) is 2.78. The number of alkyl carbamates (subject to hydrolysis) is 1. The molecule has 1 aliphatic carbocycles. The number of hydrogen-bond acceptors (Lipinski definition) is 2. The zero-order valence-corrected chi connectivity index (χ0v) is 9.22. The summed E-state index contributed by atoms with van der Waals surface area (Å²) >= 11 is 0. The second kappa shape index (κ2) is 2.88. The van der Waals surface area contributed by atoms with Crippen LogP contribution in [-0.2, 0) is 4.74 Å². The van der Waals surface area contributed by atoms with Gasteiger partial charge in [0.15, 0.2) is 0 Å². The molecule has 2 atom stereocenters. The topological polar surface area (TPSA) is 38.3 Å². The monoisotopic (exact) mass is 197 g/mol. The summed E-state index contributed by atoms with van der Waals surface area (Å²) in [6.07, 6.45) is 3.05. The highest BCUT2D eigenvalue weighted by Crippen LogP contribution is 2.46. The molecule has 1 saturated heterocycles. The van der Waals surface area contributed by atoms with E-state index in [0.29, 0.717) is 17.9 Å². The van der Waals surface area contributed by atoms with Gasteiger partial charge in [0.2, 0.25) is 0 Å². The second-order valence-corrected chi connectivity index (χ2v) is 5.58. The number of nitrogens with one attached hydrogen (secondary N) is 1. The van der Waals surface area contributed by atoms with Crippen molar-refractivity contribution in [2.24, 2.45) is 11.3 Å². The maximum Gasteiger partial charge on any atom is 0.407 e. The molecule has 2 rings (SSSR count). The van der Waals surface area contributed by atoms with Crippen molar-refractivity contribution in [3.63, 3.8) is 0 Å². The summed E-state index contributed by atoms with van der Waals surface area (Å²) in [6, 6.07) is 0. The molecule has 1 N–H and O–H groups in total. The normalized spacial score (nSPS) is 40.8. The number of hydrogen-bond donors (Lipinski definition) is 1. The van der Waals surface area contributed by atoms with E-state index >= 15 is 0 Å². The van der Waals surface area contributed by atoms with Crippen LogP contribution < -0.4 is 5.32 Å². The van der Waals surface area contributed by atoms with Crippen molar-refractivity contribution in [3.05, 3.63) is 0 Å². The predicted molar refractivity (Wildman–Crippen MR) is 54.0 cm³/mol. The van der Waals surface area contributed by atoms with Gasteiger partial charge in [-0.3, -0.25) is 0 Å². The first-order valence-electron chi connectivity index (χ1n) is 5.40. The summed E-state index contributed by atoms with van der Waals surface area (Å²) in [5.41, 5.74) is 0.201. The molecule has 0 aromatic rings. The average molecular weight is 197 g/mol. The Morgan fingerprint density at radius 3 is 2.64 bits per heavy atom. The van der Waals surface area contributed by atoms with Crippen molar-refractivity contribution in [1.29, 1.82) is 0 Å². The van der Waals surface area contributed by atoms with E-state index in [9.17, 15) is 4.79 Å². The molecule has 2 unspecified atom stereocenters. The van der Waals surface area contributed by atoms with Gasteiger partial charge in [-0.25, -0.2) is 4.79 Å². The van der Waals surface area contributed by atoms with E-state index in [1.165, 1.54) is 0 Å². The lowest BCUT2D eigenvalue weighted by Gasteiger charge is -2.44. The molecular weight excluding hydrogens is 178 g/mol. The summed E-state index contributed by atoms with van der Waals surface area (Å²) in [5.74, 6) is 0.463. The maximum absolute atomic E-state index is 11.1. The van der Waals surface area contributed by atoms with Crippen molar-refractivity contribution < 1.29 is 9.53 Å². The third-order valence-electron chi connectivity index (χ3n) is 3.81. The molecule has 1 heterocycles. The first-order valence-corrected chi connectivity index (χ1v) is 5.40. The van der Waals surface area contributed by atoms with E-state index in [1.807, 2.05) is 0 Å². The molecular formula is C11H19NO2. The van der Waals surface area contributed by atoms with Crippen LogP contribution in [-0.4, -0.2) is 18.2 Å². The van der Waals surface area contributed by atoms with Gasteiger partial charge < -0.3 is 10.1 Å². The van der Waals surface area contributed by atoms with Gasteiger partial charge in [0.1, 0.15) is 5.60 Å². The molecule has 0 radical (unpaired) electrons. The van der Waals surface area contributed by atoms with Crippen LogP contribution in [0.1, 0.15) is 40.0 Å². The van der Waals surface area contributed by atoms with Crippen molar-refractivity contribution in [3.8, 4) is 0 Å². The van der Waals surface area contributed by atoms with E-state index in [0.717, 1.165) is 19.3 Å². The summed E-state index contributed by atoms with van der Waals surface area (Å²) < 4.78 is 5.45. The van der Waals surface area contributed by atoms with Gasteiger partial charge in [-0.1, -0.05) is 20.8 Å².